The third-order valence-corrected chi connectivity index (χ3v) is 7.45. The zero-order chi connectivity index (χ0) is 21.5. The van der Waals surface area contributed by atoms with Crippen molar-refractivity contribution in [3.05, 3.63) is 29.8 Å². The van der Waals surface area contributed by atoms with Gasteiger partial charge >= 0.3 is 0 Å². The Morgan fingerprint density at radius 2 is 1.77 bits per heavy atom. The van der Waals surface area contributed by atoms with E-state index in [1.54, 1.807) is 4.90 Å². The molecule has 0 unspecified atom stereocenters. The largest absolute Gasteiger partial charge is 0.355 e. The molecular formula is C23H32N4O3. The Bertz CT molecular complexity index is 847. The number of anilines is 1. The highest BCUT2D eigenvalue weighted by molar-refractivity contribution is 6.07. The molecule has 1 spiro atoms. The highest BCUT2D eigenvalue weighted by Gasteiger charge is 2.51. The normalized spacial score (nSPS) is 25.6. The van der Waals surface area contributed by atoms with E-state index in [4.69, 9.17) is 0 Å². The number of carbonyl (C=O) groups excluding carboxylic acids is 3. The third kappa shape index (κ3) is 3.49. The number of carbonyl (C=O) groups is 3. The van der Waals surface area contributed by atoms with Crippen molar-refractivity contribution in [1.29, 1.82) is 0 Å². The lowest BCUT2D eigenvalue weighted by Crippen LogP contribution is -2.50. The first-order chi connectivity index (χ1) is 14.3. The van der Waals surface area contributed by atoms with Crippen molar-refractivity contribution >= 4 is 23.4 Å². The van der Waals surface area contributed by atoms with Gasteiger partial charge in [0.05, 0.1) is 5.41 Å². The second-order valence-electron chi connectivity index (χ2n) is 9.04. The van der Waals surface area contributed by atoms with Crippen molar-refractivity contribution in [3.8, 4) is 0 Å². The fourth-order valence-corrected chi connectivity index (χ4v) is 5.51. The van der Waals surface area contributed by atoms with Crippen LogP contribution in [0.4, 0.5) is 5.69 Å². The summed E-state index contributed by atoms with van der Waals surface area (Å²) in [6, 6.07) is 8.55. The van der Waals surface area contributed by atoms with Crippen LogP contribution in [0.1, 0.15) is 44.6 Å². The Morgan fingerprint density at radius 1 is 1.10 bits per heavy atom. The minimum absolute atomic E-state index is 0.0150. The van der Waals surface area contributed by atoms with Crippen LogP contribution in [-0.2, 0) is 19.8 Å². The van der Waals surface area contributed by atoms with E-state index in [0.717, 1.165) is 24.1 Å². The Hall–Kier alpha value is -2.41. The maximum atomic E-state index is 13.1. The van der Waals surface area contributed by atoms with Crippen LogP contribution in [0.15, 0.2) is 24.3 Å². The van der Waals surface area contributed by atoms with Gasteiger partial charge in [0.2, 0.25) is 17.7 Å². The standard InChI is InChI=1S/C23H32N4O3/c1-16(28)24-15-18-9-8-17(25(18)2)14-21(29)27-12-10-23(11-13-27)19-6-4-5-7-20(19)26(3)22(23)30/h4-7,17-18H,8-15H2,1-3H3,(H,24,28)/t17-,18+/m1/s1. The van der Waals surface area contributed by atoms with Crippen molar-refractivity contribution in [3.63, 3.8) is 0 Å². The van der Waals surface area contributed by atoms with Gasteiger partial charge in [0.1, 0.15) is 0 Å². The number of nitrogens with one attached hydrogen (secondary N) is 1. The zero-order valence-electron chi connectivity index (χ0n) is 18.2. The fourth-order valence-electron chi connectivity index (χ4n) is 5.51. The van der Waals surface area contributed by atoms with Crippen LogP contribution >= 0.6 is 0 Å². The number of hydrogen-bond donors (Lipinski definition) is 1. The topological polar surface area (TPSA) is 73.0 Å². The molecule has 1 aromatic carbocycles. The highest BCUT2D eigenvalue weighted by atomic mass is 16.2. The maximum Gasteiger partial charge on any atom is 0.237 e. The summed E-state index contributed by atoms with van der Waals surface area (Å²) in [5.41, 5.74) is 1.64. The van der Waals surface area contributed by atoms with Gasteiger partial charge in [-0.05, 0) is 44.4 Å². The van der Waals surface area contributed by atoms with E-state index in [1.165, 1.54) is 6.92 Å². The molecule has 0 saturated carbocycles. The lowest BCUT2D eigenvalue weighted by molar-refractivity contribution is -0.136. The number of likely N-dealkylation sites (tertiary alicyclic amines) is 2. The molecule has 162 valence electrons. The molecule has 3 amide bonds. The number of likely N-dealkylation sites (N-methyl/N-ethyl adjacent to an activating group) is 2. The number of rotatable bonds is 4. The van der Waals surface area contributed by atoms with E-state index in [9.17, 15) is 14.4 Å². The number of benzene rings is 1. The molecule has 4 rings (SSSR count). The van der Waals surface area contributed by atoms with Crippen LogP contribution in [0, 0.1) is 0 Å². The molecule has 3 heterocycles. The van der Waals surface area contributed by atoms with Gasteiger partial charge in [-0.25, -0.2) is 0 Å². The molecule has 2 fully saturated rings. The summed E-state index contributed by atoms with van der Waals surface area (Å²) in [6.45, 7) is 3.42. The molecule has 3 aliphatic rings. The predicted molar refractivity (Wildman–Crippen MR) is 115 cm³/mol. The summed E-state index contributed by atoms with van der Waals surface area (Å²) in [7, 11) is 3.90. The molecule has 7 nitrogen and oxygen atoms in total. The lowest BCUT2D eigenvalue weighted by Gasteiger charge is -2.39. The first-order valence-corrected chi connectivity index (χ1v) is 11.0. The molecule has 0 aromatic heterocycles. The van der Waals surface area contributed by atoms with Gasteiger partial charge in [-0.3, -0.25) is 19.3 Å². The van der Waals surface area contributed by atoms with Gasteiger partial charge in [-0.15, -0.1) is 0 Å². The van der Waals surface area contributed by atoms with Crippen LogP contribution < -0.4 is 10.2 Å². The predicted octanol–water partition coefficient (Wildman–Crippen LogP) is 1.51. The number of fused-ring (bicyclic) bond motifs is 2. The molecule has 1 N–H and O–H groups in total. The molecule has 30 heavy (non-hydrogen) atoms. The van der Waals surface area contributed by atoms with Crippen molar-refractivity contribution in [2.75, 3.05) is 38.6 Å². The number of piperidine rings is 1. The summed E-state index contributed by atoms with van der Waals surface area (Å²) < 4.78 is 0. The van der Waals surface area contributed by atoms with Crippen LogP contribution in [0.25, 0.3) is 0 Å². The Balaban J connectivity index is 1.36. The van der Waals surface area contributed by atoms with E-state index in [2.05, 4.69) is 16.3 Å². The molecule has 0 aliphatic carbocycles. The van der Waals surface area contributed by atoms with Crippen LogP contribution in [-0.4, -0.2) is 73.3 Å². The molecule has 3 aliphatic heterocycles. The second-order valence-corrected chi connectivity index (χ2v) is 9.04. The Kier molecular flexibility index (Phi) is 5.57. The molecule has 7 heteroatoms. The Labute approximate surface area is 178 Å². The van der Waals surface area contributed by atoms with Gasteiger partial charge in [0.25, 0.3) is 0 Å². The second kappa shape index (κ2) is 8.02. The van der Waals surface area contributed by atoms with Crippen LogP contribution in [0.2, 0.25) is 0 Å². The molecule has 0 bridgehead atoms. The lowest BCUT2D eigenvalue weighted by atomic mass is 9.73. The molecule has 2 atom stereocenters. The molecule has 0 radical (unpaired) electrons. The van der Waals surface area contributed by atoms with Crippen LogP contribution in [0.5, 0.6) is 0 Å². The SMILES string of the molecule is CC(=O)NC[C@@H]1CC[C@H](CC(=O)N2CCC3(CC2)C(=O)N(C)c2ccccc23)N1C. The van der Waals surface area contributed by atoms with Gasteiger partial charge in [-0.2, -0.15) is 0 Å². The molecule has 1 aromatic rings. The first-order valence-electron chi connectivity index (χ1n) is 11.0. The van der Waals surface area contributed by atoms with Gasteiger partial charge in [0.15, 0.2) is 0 Å². The number of nitrogens with zero attached hydrogens (tertiary/aromatic N) is 3. The first kappa shape index (κ1) is 20.8. The van der Waals surface area contributed by atoms with E-state index in [1.807, 2.05) is 37.2 Å². The van der Waals surface area contributed by atoms with Crippen molar-refractivity contribution in [2.45, 2.75) is 56.5 Å². The van der Waals surface area contributed by atoms with E-state index in [0.29, 0.717) is 44.9 Å². The minimum atomic E-state index is -0.476. The number of hydrogen-bond acceptors (Lipinski definition) is 4. The van der Waals surface area contributed by atoms with Crippen molar-refractivity contribution in [1.82, 2.24) is 15.1 Å². The molecule has 2 saturated heterocycles. The van der Waals surface area contributed by atoms with Crippen molar-refractivity contribution < 1.29 is 14.4 Å². The number of para-hydroxylation sites is 1. The summed E-state index contributed by atoms with van der Waals surface area (Å²) in [5, 5.41) is 2.89. The van der Waals surface area contributed by atoms with Gasteiger partial charge < -0.3 is 15.1 Å². The van der Waals surface area contributed by atoms with Crippen LogP contribution in [0.3, 0.4) is 0 Å². The average molecular weight is 413 g/mol. The monoisotopic (exact) mass is 412 g/mol. The maximum absolute atomic E-state index is 13.1. The smallest absolute Gasteiger partial charge is 0.237 e. The van der Waals surface area contributed by atoms with E-state index < -0.39 is 5.41 Å². The average Bonchev–Trinajstić information content (AvgIpc) is 3.19. The van der Waals surface area contributed by atoms with Gasteiger partial charge in [0, 0.05) is 57.8 Å². The molecular weight excluding hydrogens is 380 g/mol. The third-order valence-electron chi connectivity index (χ3n) is 7.45. The van der Waals surface area contributed by atoms with E-state index >= 15 is 0 Å². The summed E-state index contributed by atoms with van der Waals surface area (Å²) in [4.78, 5) is 43.2. The highest BCUT2D eigenvalue weighted by Crippen LogP contribution is 2.47. The summed E-state index contributed by atoms with van der Waals surface area (Å²) in [6.07, 6.45) is 3.84. The van der Waals surface area contributed by atoms with E-state index in [-0.39, 0.29) is 23.8 Å². The number of amides is 3. The van der Waals surface area contributed by atoms with Gasteiger partial charge in [-0.1, -0.05) is 18.2 Å². The summed E-state index contributed by atoms with van der Waals surface area (Å²) in [5.74, 6) is 0.319. The zero-order valence-corrected chi connectivity index (χ0v) is 18.2. The minimum Gasteiger partial charge on any atom is -0.355 e. The fraction of sp³-hybridized carbons (Fsp3) is 0.609. The summed E-state index contributed by atoms with van der Waals surface area (Å²) >= 11 is 0. The Morgan fingerprint density at radius 3 is 2.47 bits per heavy atom. The quantitative estimate of drug-likeness (QED) is 0.814. The van der Waals surface area contributed by atoms with Crippen molar-refractivity contribution in [2.24, 2.45) is 0 Å².